The summed E-state index contributed by atoms with van der Waals surface area (Å²) < 4.78 is 0. The summed E-state index contributed by atoms with van der Waals surface area (Å²) in [7, 11) is 0. The van der Waals surface area contributed by atoms with E-state index < -0.39 is 23.8 Å². The maximum atomic E-state index is 11.1. The number of carbonyl (C=O) groups is 1. The summed E-state index contributed by atoms with van der Waals surface area (Å²) in [5, 5.41) is 35.2. The van der Waals surface area contributed by atoms with Crippen molar-refractivity contribution in [1.82, 2.24) is 10.6 Å². The number of benzene rings is 2. The number of nitrogens with one attached hydrogen (secondary N) is 2. The maximum Gasteiger partial charge on any atom is 0.404 e. The highest BCUT2D eigenvalue weighted by molar-refractivity contribution is 5.65. The highest BCUT2D eigenvalue weighted by atomic mass is 16.4. The van der Waals surface area contributed by atoms with Gasteiger partial charge in [-0.3, -0.25) is 0 Å². The van der Waals surface area contributed by atoms with E-state index in [0.717, 1.165) is 16.7 Å². The van der Waals surface area contributed by atoms with Crippen molar-refractivity contribution in [3.63, 3.8) is 0 Å². The van der Waals surface area contributed by atoms with Gasteiger partial charge in [0, 0.05) is 13.1 Å². The maximum absolute atomic E-state index is 11.1. The van der Waals surface area contributed by atoms with Crippen molar-refractivity contribution in [3.8, 4) is 0 Å². The minimum atomic E-state index is -1.16. The van der Waals surface area contributed by atoms with E-state index in [1.807, 2.05) is 54.6 Å². The van der Waals surface area contributed by atoms with Crippen LogP contribution in [-0.2, 0) is 18.6 Å². The quantitative estimate of drug-likeness (QED) is 0.465. The van der Waals surface area contributed by atoms with Gasteiger partial charge in [0.25, 0.3) is 0 Å². The molecule has 0 aromatic heterocycles. The molecule has 0 aliphatic heterocycles. The minimum Gasteiger partial charge on any atom is -0.465 e. The molecule has 0 spiro atoms. The molecule has 1 amide bonds. The first-order chi connectivity index (χ1) is 12.8. The van der Waals surface area contributed by atoms with Crippen LogP contribution in [0.1, 0.15) is 30.5 Å². The Kier molecular flexibility index (Phi) is 7.36. The van der Waals surface area contributed by atoms with Crippen LogP contribution in [0.5, 0.6) is 0 Å². The molecule has 0 saturated carbocycles. The summed E-state index contributed by atoms with van der Waals surface area (Å²) in [6.07, 6.45) is -1.63. The molecule has 0 radical (unpaired) electrons. The minimum absolute atomic E-state index is 0.241. The van der Waals surface area contributed by atoms with E-state index in [9.17, 15) is 15.0 Å². The van der Waals surface area contributed by atoms with E-state index >= 15 is 0 Å². The van der Waals surface area contributed by atoms with Gasteiger partial charge in [0.2, 0.25) is 0 Å². The Morgan fingerprint density at radius 2 is 1.74 bits per heavy atom. The van der Waals surface area contributed by atoms with Crippen LogP contribution in [0.2, 0.25) is 0 Å². The lowest BCUT2D eigenvalue weighted by atomic mass is 9.96. The van der Waals surface area contributed by atoms with Gasteiger partial charge in [-0.1, -0.05) is 54.6 Å². The predicted octanol–water partition coefficient (Wildman–Crippen LogP) is 2.24. The van der Waals surface area contributed by atoms with Gasteiger partial charge in [0.1, 0.15) is 0 Å². The van der Waals surface area contributed by atoms with E-state index in [2.05, 4.69) is 10.6 Å². The van der Waals surface area contributed by atoms with E-state index in [1.165, 1.54) is 0 Å². The number of aliphatic hydroxyl groups excluding tert-OH is 1. The lowest BCUT2D eigenvalue weighted by Gasteiger charge is -2.23. The van der Waals surface area contributed by atoms with Crippen LogP contribution >= 0.6 is 0 Å². The summed E-state index contributed by atoms with van der Waals surface area (Å²) in [5.41, 5.74) is 1.83. The van der Waals surface area contributed by atoms with Crippen molar-refractivity contribution < 1.29 is 20.1 Å². The largest absolute Gasteiger partial charge is 0.465 e. The lowest BCUT2D eigenvalue weighted by Crippen LogP contribution is -2.48. The monoisotopic (exact) mass is 372 g/mol. The van der Waals surface area contributed by atoms with Crippen molar-refractivity contribution in [3.05, 3.63) is 71.3 Å². The molecule has 2 aromatic rings. The highest BCUT2D eigenvalue weighted by Gasteiger charge is 2.21. The summed E-state index contributed by atoms with van der Waals surface area (Å²) in [6, 6.07) is 16.4. The van der Waals surface area contributed by atoms with E-state index in [4.69, 9.17) is 5.11 Å². The number of aliphatic hydroxyl groups is 2. The molecule has 0 fully saturated rings. The molecule has 0 heterocycles. The van der Waals surface area contributed by atoms with Gasteiger partial charge in [-0.25, -0.2) is 4.79 Å². The first-order valence-electron chi connectivity index (χ1n) is 8.99. The topological polar surface area (TPSA) is 102 Å². The second kappa shape index (κ2) is 9.50. The van der Waals surface area contributed by atoms with Crippen molar-refractivity contribution in [2.75, 3.05) is 6.54 Å². The van der Waals surface area contributed by atoms with E-state index in [-0.39, 0.29) is 6.54 Å². The second-order valence-electron chi connectivity index (χ2n) is 7.20. The highest BCUT2D eigenvalue weighted by Crippen LogP contribution is 2.20. The Morgan fingerprint density at radius 1 is 1.07 bits per heavy atom. The molecule has 27 heavy (non-hydrogen) atoms. The van der Waals surface area contributed by atoms with Crippen LogP contribution in [0.25, 0.3) is 0 Å². The van der Waals surface area contributed by atoms with Crippen LogP contribution in [0, 0.1) is 0 Å². The number of hydrogen-bond donors (Lipinski definition) is 5. The van der Waals surface area contributed by atoms with Gasteiger partial charge >= 0.3 is 6.09 Å². The van der Waals surface area contributed by atoms with E-state index in [0.29, 0.717) is 13.0 Å². The number of carboxylic acid groups (broad SMARTS) is 1. The number of rotatable bonds is 9. The first-order valence-corrected chi connectivity index (χ1v) is 8.99. The van der Waals surface area contributed by atoms with Gasteiger partial charge in [0.05, 0.1) is 17.7 Å². The fraction of sp³-hybridized carbons (Fsp3) is 0.381. The molecular weight excluding hydrogens is 344 g/mol. The van der Waals surface area contributed by atoms with Crippen molar-refractivity contribution >= 4 is 6.09 Å². The Balaban J connectivity index is 1.93. The van der Waals surface area contributed by atoms with Crippen molar-refractivity contribution in [2.24, 2.45) is 0 Å². The second-order valence-corrected chi connectivity index (χ2v) is 7.20. The molecule has 146 valence electrons. The summed E-state index contributed by atoms with van der Waals surface area (Å²) in [4.78, 5) is 11.1. The van der Waals surface area contributed by atoms with Crippen LogP contribution in [0.4, 0.5) is 4.79 Å². The fourth-order valence-electron chi connectivity index (χ4n) is 2.88. The Bertz CT molecular complexity index is 728. The molecule has 0 unspecified atom stereocenters. The third kappa shape index (κ3) is 7.02. The zero-order chi connectivity index (χ0) is 19.9. The molecule has 6 nitrogen and oxygen atoms in total. The normalized spacial score (nSPS) is 13.8. The fourth-order valence-corrected chi connectivity index (χ4v) is 2.88. The number of hydrogen-bond acceptors (Lipinski definition) is 4. The molecule has 0 aliphatic rings. The van der Waals surface area contributed by atoms with Crippen LogP contribution in [0.3, 0.4) is 0 Å². The van der Waals surface area contributed by atoms with Crippen LogP contribution < -0.4 is 10.6 Å². The summed E-state index contributed by atoms with van der Waals surface area (Å²) in [6.45, 7) is 4.21. The zero-order valence-electron chi connectivity index (χ0n) is 15.7. The SMILES string of the molecule is CC(C)(O)c1cccc(CNC[C@H](O)[C@H](Cc2ccccc2)NC(=O)O)c1. The molecule has 6 heteroatoms. The third-order valence-electron chi connectivity index (χ3n) is 4.39. The van der Waals surface area contributed by atoms with E-state index in [1.54, 1.807) is 13.8 Å². The standard InChI is InChI=1S/C21H28N2O4/c1-21(2,27)17-10-6-9-16(11-17)13-22-14-19(24)18(23-20(25)26)12-15-7-4-3-5-8-15/h3-11,18-19,22-24,27H,12-14H2,1-2H3,(H,25,26)/t18-,19-/m0/s1. The molecule has 2 aromatic carbocycles. The summed E-state index contributed by atoms with van der Waals surface area (Å²) >= 11 is 0. The molecule has 2 atom stereocenters. The lowest BCUT2D eigenvalue weighted by molar-refractivity contribution is 0.0785. The van der Waals surface area contributed by atoms with Crippen LogP contribution in [0.15, 0.2) is 54.6 Å². The predicted molar refractivity (Wildman–Crippen MR) is 104 cm³/mol. The number of amides is 1. The Labute approximate surface area is 159 Å². The van der Waals surface area contributed by atoms with Crippen LogP contribution in [-0.4, -0.2) is 40.1 Å². The average Bonchev–Trinajstić information content (AvgIpc) is 2.61. The first kappa shape index (κ1) is 20.9. The molecule has 0 bridgehead atoms. The zero-order valence-corrected chi connectivity index (χ0v) is 15.7. The van der Waals surface area contributed by atoms with Gasteiger partial charge in [0.15, 0.2) is 0 Å². The molecule has 2 rings (SSSR count). The smallest absolute Gasteiger partial charge is 0.404 e. The third-order valence-corrected chi connectivity index (χ3v) is 4.39. The Hall–Kier alpha value is -2.41. The summed E-state index contributed by atoms with van der Waals surface area (Å²) in [5.74, 6) is 0. The molecule has 5 N–H and O–H groups in total. The molecule has 0 aliphatic carbocycles. The average molecular weight is 372 g/mol. The molecular formula is C21H28N2O4. The van der Waals surface area contributed by atoms with Crippen molar-refractivity contribution in [1.29, 1.82) is 0 Å². The Morgan fingerprint density at radius 3 is 2.37 bits per heavy atom. The van der Waals surface area contributed by atoms with Gasteiger partial charge < -0.3 is 26.0 Å². The van der Waals surface area contributed by atoms with Gasteiger partial charge in [-0.2, -0.15) is 0 Å². The van der Waals surface area contributed by atoms with Gasteiger partial charge in [-0.15, -0.1) is 0 Å². The van der Waals surface area contributed by atoms with Crippen molar-refractivity contribution in [2.45, 2.75) is 44.6 Å². The van der Waals surface area contributed by atoms with Gasteiger partial charge in [-0.05, 0) is 37.0 Å². The molecule has 0 saturated heterocycles.